The molecular formula is C22H31FN3P. The van der Waals surface area contributed by atoms with E-state index in [9.17, 15) is 4.39 Å². The van der Waals surface area contributed by atoms with Gasteiger partial charge >= 0.3 is 0 Å². The summed E-state index contributed by atoms with van der Waals surface area (Å²) in [6.45, 7) is 5.46. The molecule has 5 heteroatoms. The molecule has 0 aliphatic carbocycles. The molecule has 0 radical (unpaired) electrons. The molecule has 2 aromatic carbocycles. The summed E-state index contributed by atoms with van der Waals surface area (Å²) in [4.78, 5) is 2.55. The van der Waals surface area contributed by atoms with E-state index in [1.807, 2.05) is 12.1 Å². The minimum Gasteiger partial charge on any atom is -0.317 e. The van der Waals surface area contributed by atoms with Gasteiger partial charge in [0.1, 0.15) is 5.82 Å². The van der Waals surface area contributed by atoms with E-state index >= 15 is 0 Å². The highest BCUT2D eigenvalue weighted by atomic mass is 31.0. The summed E-state index contributed by atoms with van der Waals surface area (Å²) in [6, 6.07) is 16.3. The largest absolute Gasteiger partial charge is 0.317 e. The lowest BCUT2D eigenvalue weighted by Gasteiger charge is -2.36. The lowest BCUT2D eigenvalue weighted by atomic mass is 9.96. The molecule has 1 saturated heterocycles. The number of hydrogen-bond acceptors (Lipinski definition) is 3. The SMILES string of the molecule is C=N.Fc1ccc(CC2CCCCN2CNCc2ccc(CP)cc2)cc1. The van der Waals surface area contributed by atoms with Crippen LogP contribution in [0.3, 0.4) is 0 Å². The zero-order chi connectivity index (χ0) is 19.5. The van der Waals surface area contributed by atoms with Crippen LogP contribution in [0.1, 0.15) is 36.0 Å². The molecule has 27 heavy (non-hydrogen) atoms. The summed E-state index contributed by atoms with van der Waals surface area (Å²) in [7, 11) is 2.76. The van der Waals surface area contributed by atoms with Crippen LogP contribution >= 0.6 is 9.24 Å². The van der Waals surface area contributed by atoms with Crippen LogP contribution in [0.2, 0.25) is 0 Å². The van der Waals surface area contributed by atoms with Crippen molar-refractivity contribution in [1.29, 1.82) is 5.41 Å². The number of halogens is 1. The normalized spacial score (nSPS) is 17.2. The van der Waals surface area contributed by atoms with E-state index in [2.05, 4.69) is 50.4 Å². The number of nitrogens with zero attached hydrogens (tertiary/aromatic N) is 1. The molecular weight excluding hydrogens is 356 g/mol. The number of likely N-dealkylation sites (tertiary alicyclic amines) is 1. The van der Waals surface area contributed by atoms with Crippen molar-refractivity contribution in [3.8, 4) is 0 Å². The number of rotatable bonds is 7. The van der Waals surface area contributed by atoms with Gasteiger partial charge in [0.15, 0.2) is 0 Å². The third-order valence-electron chi connectivity index (χ3n) is 5.04. The number of hydrogen-bond donors (Lipinski definition) is 2. The first-order valence-corrected chi connectivity index (χ1v) is 10.4. The van der Waals surface area contributed by atoms with E-state index < -0.39 is 0 Å². The second kappa shape index (κ2) is 12.0. The average molecular weight is 387 g/mol. The van der Waals surface area contributed by atoms with Crippen LogP contribution in [0.4, 0.5) is 4.39 Å². The summed E-state index contributed by atoms with van der Waals surface area (Å²) < 4.78 is 13.1. The third-order valence-corrected chi connectivity index (χ3v) is 5.51. The molecule has 0 bridgehead atoms. The molecule has 2 aromatic rings. The molecule has 1 aliphatic heterocycles. The monoisotopic (exact) mass is 387 g/mol. The first-order chi connectivity index (χ1) is 13.2. The molecule has 2 unspecified atom stereocenters. The van der Waals surface area contributed by atoms with E-state index in [0.717, 1.165) is 32.3 Å². The van der Waals surface area contributed by atoms with Crippen molar-refractivity contribution in [1.82, 2.24) is 10.2 Å². The Balaban J connectivity index is 0.00000126. The smallest absolute Gasteiger partial charge is 0.123 e. The fourth-order valence-electron chi connectivity index (χ4n) is 3.53. The van der Waals surface area contributed by atoms with Gasteiger partial charge < -0.3 is 10.7 Å². The van der Waals surface area contributed by atoms with Crippen molar-refractivity contribution in [3.05, 3.63) is 71.0 Å². The van der Waals surface area contributed by atoms with E-state index in [4.69, 9.17) is 5.41 Å². The Bertz CT molecular complexity index is 660. The van der Waals surface area contributed by atoms with Gasteiger partial charge in [-0.25, -0.2) is 4.39 Å². The predicted molar refractivity (Wildman–Crippen MR) is 116 cm³/mol. The van der Waals surface area contributed by atoms with Gasteiger partial charge in [0, 0.05) is 19.3 Å². The predicted octanol–water partition coefficient (Wildman–Crippen LogP) is 4.61. The van der Waals surface area contributed by atoms with Crippen LogP contribution in [0.25, 0.3) is 0 Å². The summed E-state index contributed by atoms with van der Waals surface area (Å²) in [6.07, 6.45) is 5.79. The summed E-state index contributed by atoms with van der Waals surface area (Å²) in [5.74, 6) is -0.154. The molecule has 146 valence electrons. The number of benzene rings is 2. The highest BCUT2D eigenvalue weighted by molar-refractivity contribution is 7.15. The first-order valence-electron chi connectivity index (χ1n) is 9.57. The highest BCUT2D eigenvalue weighted by Crippen LogP contribution is 2.20. The maximum Gasteiger partial charge on any atom is 0.123 e. The standard InChI is InChI=1S/C21H28FN2P.CH3N/c22-20-10-8-17(9-11-20)13-21-3-1-2-12-24(21)16-23-14-18-4-6-19(15-25)7-5-18;1-2/h4-11,21,23H,1-3,12-16,25H2;2H,1H2. The van der Waals surface area contributed by atoms with Gasteiger partial charge in [0.05, 0.1) is 0 Å². The summed E-state index contributed by atoms with van der Waals surface area (Å²) >= 11 is 0. The van der Waals surface area contributed by atoms with Gasteiger partial charge in [-0.1, -0.05) is 42.8 Å². The minimum absolute atomic E-state index is 0.154. The van der Waals surface area contributed by atoms with E-state index in [1.54, 1.807) is 12.1 Å². The van der Waals surface area contributed by atoms with Gasteiger partial charge in [-0.05, 0) is 67.5 Å². The Labute approximate surface area is 165 Å². The quantitative estimate of drug-likeness (QED) is 0.538. The highest BCUT2D eigenvalue weighted by Gasteiger charge is 2.22. The van der Waals surface area contributed by atoms with Gasteiger partial charge in [-0.3, -0.25) is 4.90 Å². The van der Waals surface area contributed by atoms with Crippen LogP contribution in [0.5, 0.6) is 0 Å². The van der Waals surface area contributed by atoms with Gasteiger partial charge in [-0.2, -0.15) is 0 Å². The first kappa shape index (κ1) is 21.7. The van der Waals surface area contributed by atoms with Crippen LogP contribution in [0, 0.1) is 11.2 Å². The van der Waals surface area contributed by atoms with Crippen molar-refractivity contribution < 1.29 is 4.39 Å². The van der Waals surface area contributed by atoms with Crippen LogP contribution < -0.4 is 5.32 Å². The third kappa shape index (κ3) is 7.14. The molecule has 1 heterocycles. The lowest BCUT2D eigenvalue weighted by Crippen LogP contribution is -2.45. The number of nitrogens with one attached hydrogen (secondary N) is 2. The molecule has 1 fully saturated rings. The Morgan fingerprint density at radius 1 is 1.00 bits per heavy atom. The second-order valence-corrected chi connectivity index (χ2v) is 7.31. The van der Waals surface area contributed by atoms with Crippen molar-refractivity contribution >= 4 is 16.0 Å². The van der Waals surface area contributed by atoms with Crippen molar-refractivity contribution in [3.63, 3.8) is 0 Å². The number of piperidine rings is 1. The average Bonchev–Trinajstić information content (AvgIpc) is 2.73. The molecule has 2 atom stereocenters. The van der Waals surface area contributed by atoms with Gasteiger partial charge in [0.25, 0.3) is 0 Å². The minimum atomic E-state index is -0.154. The fourth-order valence-corrected chi connectivity index (χ4v) is 3.80. The van der Waals surface area contributed by atoms with Gasteiger partial charge in [0.2, 0.25) is 0 Å². The lowest BCUT2D eigenvalue weighted by molar-refractivity contribution is 0.135. The zero-order valence-corrected chi connectivity index (χ0v) is 17.1. The second-order valence-electron chi connectivity index (χ2n) is 6.90. The maximum absolute atomic E-state index is 13.1. The van der Waals surface area contributed by atoms with E-state index in [1.165, 1.54) is 36.0 Å². The Morgan fingerprint density at radius 3 is 2.30 bits per heavy atom. The maximum atomic E-state index is 13.1. The fraction of sp³-hybridized carbons (Fsp3) is 0.409. The van der Waals surface area contributed by atoms with Crippen LogP contribution in [-0.4, -0.2) is 30.9 Å². The molecule has 1 aliphatic rings. The summed E-state index contributed by atoms with van der Waals surface area (Å²) in [5, 5.41) is 9.09. The molecule has 0 spiro atoms. The Kier molecular flexibility index (Phi) is 9.61. The van der Waals surface area contributed by atoms with Crippen LogP contribution in [0.15, 0.2) is 48.5 Å². The molecule has 0 saturated carbocycles. The Morgan fingerprint density at radius 2 is 1.63 bits per heavy atom. The molecule has 3 nitrogen and oxygen atoms in total. The Hall–Kier alpha value is -1.61. The molecule has 2 N–H and O–H groups in total. The molecule has 3 rings (SSSR count). The van der Waals surface area contributed by atoms with Crippen molar-refractivity contribution in [2.75, 3.05) is 13.2 Å². The van der Waals surface area contributed by atoms with Crippen molar-refractivity contribution in [2.45, 2.75) is 44.4 Å². The topological polar surface area (TPSA) is 39.1 Å². The van der Waals surface area contributed by atoms with E-state index in [0.29, 0.717) is 6.04 Å². The van der Waals surface area contributed by atoms with Crippen LogP contribution in [-0.2, 0) is 19.1 Å². The summed E-state index contributed by atoms with van der Waals surface area (Å²) in [5.41, 5.74) is 3.91. The zero-order valence-electron chi connectivity index (χ0n) is 16.0. The van der Waals surface area contributed by atoms with Gasteiger partial charge in [-0.15, -0.1) is 9.24 Å². The molecule has 0 amide bonds. The van der Waals surface area contributed by atoms with E-state index in [-0.39, 0.29) is 5.82 Å². The van der Waals surface area contributed by atoms with Crippen molar-refractivity contribution in [2.24, 2.45) is 0 Å². The molecule has 0 aromatic heterocycles.